The summed E-state index contributed by atoms with van der Waals surface area (Å²) < 4.78 is 6.58. The third-order valence-corrected chi connectivity index (χ3v) is 4.27. The Kier molecular flexibility index (Phi) is 6.45. The maximum atomic E-state index is 12.9. The van der Waals surface area contributed by atoms with Crippen molar-refractivity contribution in [1.29, 1.82) is 0 Å². The van der Waals surface area contributed by atoms with Crippen LogP contribution in [0.25, 0.3) is 0 Å². The van der Waals surface area contributed by atoms with Crippen LogP contribution in [0.3, 0.4) is 0 Å². The van der Waals surface area contributed by atoms with Crippen LogP contribution in [-0.2, 0) is 11.2 Å². The van der Waals surface area contributed by atoms with E-state index in [1.807, 2.05) is 75.4 Å². The predicted octanol–water partition coefficient (Wildman–Crippen LogP) is 5.94. The normalized spacial score (nSPS) is 10.7. The maximum absolute atomic E-state index is 12.9. The maximum Gasteiger partial charge on any atom is 0.419 e. The fourth-order valence-corrected chi connectivity index (χ4v) is 2.93. The van der Waals surface area contributed by atoms with Gasteiger partial charge in [0.25, 0.3) is 0 Å². The summed E-state index contributed by atoms with van der Waals surface area (Å²) in [5.41, 5.74) is 4.84. The van der Waals surface area contributed by atoms with Gasteiger partial charge in [-0.15, -0.1) is 5.73 Å². The lowest BCUT2D eigenvalue weighted by atomic mass is 10.1. The fraction of sp³-hybridized carbons (Fsp3) is 0.238. The summed E-state index contributed by atoms with van der Waals surface area (Å²) in [4.78, 5) is 14.5. The summed E-state index contributed by atoms with van der Waals surface area (Å²) in [7, 11) is 0. The van der Waals surface area contributed by atoms with E-state index >= 15 is 0 Å². The van der Waals surface area contributed by atoms with Crippen LogP contribution in [0.5, 0.6) is 0 Å². The molecule has 0 saturated carbocycles. The van der Waals surface area contributed by atoms with Crippen LogP contribution in [0, 0.1) is 3.57 Å². The molecule has 3 nitrogen and oxygen atoms in total. The van der Waals surface area contributed by atoms with E-state index in [4.69, 9.17) is 4.74 Å². The molecule has 25 heavy (non-hydrogen) atoms. The van der Waals surface area contributed by atoms with Gasteiger partial charge in [0.2, 0.25) is 0 Å². The molecule has 0 unspecified atom stereocenters. The van der Waals surface area contributed by atoms with Crippen LogP contribution in [0.15, 0.2) is 72.6 Å². The fourth-order valence-electron chi connectivity index (χ4n) is 2.30. The standard InChI is InChI=1S/C21H22INO2/c1-5-17(15-16-11-7-6-8-12-16)23(20(24)25-21(2,3)4)19-14-10-9-13-18(19)22/h6-14H,1,15H2,2-4H3. The van der Waals surface area contributed by atoms with Crippen LogP contribution >= 0.6 is 22.6 Å². The Morgan fingerprint density at radius 2 is 1.72 bits per heavy atom. The van der Waals surface area contributed by atoms with Crippen LogP contribution in [0.4, 0.5) is 10.5 Å². The number of carbonyl (C=O) groups is 1. The first-order chi connectivity index (χ1) is 11.8. The number of ether oxygens (including phenoxy) is 1. The average molecular weight is 447 g/mol. The molecule has 0 heterocycles. The molecule has 0 fully saturated rings. The monoisotopic (exact) mass is 447 g/mol. The van der Waals surface area contributed by atoms with Crippen molar-refractivity contribution in [1.82, 2.24) is 0 Å². The number of allylic oxidation sites excluding steroid dienone is 1. The van der Waals surface area contributed by atoms with Gasteiger partial charge in [0.05, 0.1) is 11.4 Å². The van der Waals surface area contributed by atoms with Gasteiger partial charge >= 0.3 is 6.09 Å². The Labute approximate surface area is 163 Å². The number of amides is 1. The zero-order valence-electron chi connectivity index (χ0n) is 14.8. The lowest BCUT2D eigenvalue weighted by molar-refractivity contribution is 0.0591. The zero-order valence-corrected chi connectivity index (χ0v) is 16.9. The van der Waals surface area contributed by atoms with Gasteiger partial charge in [-0.3, -0.25) is 0 Å². The van der Waals surface area contributed by atoms with E-state index in [1.54, 1.807) is 4.90 Å². The number of hydrogen-bond donors (Lipinski definition) is 0. The summed E-state index contributed by atoms with van der Waals surface area (Å²) in [6.07, 6.45) is 0.105. The van der Waals surface area contributed by atoms with E-state index in [1.165, 1.54) is 0 Å². The second-order valence-electron chi connectivity index (χ2n) is 6.55. The number of benzene rings is 2. The topological polar surface area (TPSA) is 29.5 Å². The molecule has 0 bridgehead atoms. The van der Waals surface area contributed by atoms with Crippen molar-refractivity contribution in [3.8, 4) is 0 Å². The van der Waals surface area contributed by atoms with E-state index in [0.29, 0.717) is 12.1 Å². The van der Waals surface area contributed by atoms with Gasteiger partial charge in [-0.25, -0.2) is 9.69 Å². The second kappa shape index (κ2) is 8.37. The second-order valence-corrected chi connectivity index (χ2v) is 7.72. The quantitative estimate of drug-likeness (QED) is 0.429. The summed E-state index contributed by atoms with van der Waals surface area (Å²) in [6, 6.07) is 17.6. The molecule has 0 spiro atoms. The minimum atomic E-state index is -0.589. The number of para-hydroxylation sites is 1. The molecule has 2 rings (SSSR count). The largest absolute Gasteiger partial charge is 0.443 e. The van der Waals surface area contributed by atoms with E-state index < -0.39 is 11.7 Å². The highest BCUT2D eigenvalue weighted by Gasteiger charge is 2.27. The van der Waals surface area contributed by atoms with Crippen molar-refractivity contribution in [2.24, 2.45) is 0 Å². The van der Waals surface area contributed by atoms with E-state index in [0.717, 1.165) is 14.8 Å². The molecule has 0 aliphatic heterocycles. The highest BCUT2D eigenvalue weighted by molar-refractivity contribution is 14.1. The molecule has 0 radical (unpaired) electrons. The molecule has 0 aliphatic carbocycles. The first-order valence-corrected chi connectivity index (χ1v) is 9.10. The van der Waals surface area contributed by atoms with Crippen LogP contribution in [0.2, 0.25) is 0 Å². The van der Waals surface area contributed by atoms with Crippen LogP contribution in [-0.4, -0.2) is 11.7 Å². The molecule has 0 aliphatic rings. The predicted molar refractivity (Wildman–Crippen MR) is 111 cm³/mol. The van der Waals surface area contributed by atoms with Crippen molar-refractivity contribution in [2.45, 2.75) is 32.8 Å². The minimum absolute atomic E-state index is 0.432. The van der Waals surface area contributed by atoms with Crippen molar-refractivity contribution in [3.05, 3.63) is 81.7 Å². The Balaban J connectivity index is 2.44. The van der Waals surface area contributed by atoms with E-state index in [-0.39, 0.29) is 0 Å². The van der Waals surface area contributed by atoms with Crippen LogP contribution in [0.1, 0.15) is 26.3 Å². The lowest BCUT2D eigenvalue weighted by Crippen LogP contribution is -2.37. The summed E-state index contributed by atoms with van der Waals surface area (Å²) in [6.45, 7) is 9.36. The number of rotatable bonds is 4. The molecule has 0 aromatic heterocycles. The average Bonchev–Trinajstić information content (AvgIpc) is 2.55. The Hall–Kier alpha value is -2.04. The van der Waals surface area contributed by atoms with Gasteiger partial charge in [0.15, 0.2) is 0 Å². The SMILES string of the molecule is C=C=C(Cc1ccccc1)N(C(=O)OC(C)(C)C)c1ccccc1I. The molecule has 130 valence electrons. The van der Waals surface area contributed by atoms with Gasteiger partial charge in [-0.2, -0.15) is 0 Å². The van der Waals surface area contributed by atoms with E-state index in [9.17, 15) is 4.79 Å². The van der Waals surface area contributed by atoms with Gasteiger partial charge < -0.3 is 4.74 Å². The Morgan fingerprint density at radius 3 is 2.28 bits per heavy atom. The molecule has 2 aromatic carbocycles. The molecule has 0 atom stereocenters. The zero-order chi connectivity index (χ0) is 18.4. The number of nitrogens with zero attached hydrogens (tertiary/aromatic N) is 1. The molecule has 0 N–H and O–H groups in total. The molecular weight excluding hydrogens is 425 g/mol. The smallest absolute Gasteiger partial charge is 0.419 e. The third-order valence-electron chi connectivity index (χ3n) is 3.36. The molecule has 0 saturated heterocycles. The first-order valence-electron chi connectivity index (χ1n) is 8.02. The van der Waals surface area contributed by atoms with E-state index in [2.05, 4.69) is 34.9 Å². The minimum Gasteiger partial charge on any atom is -0.443 e. The molecular formula is C21H22INO2. The summed E-state index contributed by atoms with van der Waals surface area (Å²) >= 11 is 2.22. The highest BCUT2D eigenvalue weighted by atomic mass is 127. The first kappa shape index (κ1) is 19.3. The summed E-state index contributed by atoms with van der Waals surface area (Å²) in [5.74, 6) is 0. The molecule has 1 amide bonds. The van der Waals surface area contributed by atoms with Crippen molar-refractivity contribution in [2.75, 3.05) is 4.90 Å². The van der Waals surface area contributed by atoms with Crippen LogP contribution < -0.4 is 4.90 Å². The number of halogens is 1. The molecule has 4 heteroatoms. The highest BCUT2D eigenvalue weighted by Crippen LogP contribution is 2.28. The molecule has 2 aromatic rings. The Bertz CT molecular complexity index is 787. The number of hydrogen-bond acceptors (Lipinski definition) is 2. The lowest BCUT2D eigenvalue weighted by Gasteiger charge is -2.29. The third kappa shape index (κ3) is 5.48. The van der Waals surface area contributed by atoms with Crippen molar-refractivity contribution >= 4 is 34.4 Å². The van der Waals surface area contributed by atoms with Gasteiger partial charge in [-0.05, 0) is 61.1 Å². The number of carbonyl (C=O) groups excluding carboxylic acids is 1. The van der Waals surface area contributed by atoms with Gasteiger partial charge in [0, 0.05) is 9.99 Å². The van der Waals surface area contributed by atoms with Gasteiger partial charge in [-0.1, -0.05) is 49.0 Å². The number of anilines is 1. The van der Waals surface area contributed by atoms with Gasteiger partial charge in [0.1, 0.15) is 5.60 Å². The summed E-state index contributed by atoms with van der Waals surface area (Å²) in [5, 5.41) is 0. The van der Waals surface area contributed by atoms with Crippen molar-refractivity contribution < 1.29 is 9.53 Å². The Morgan fingerprint density at radius 1 is 1.12 bits per heavy atom. The van der Waals surface area contributed by atoms with Crippen molar-refractivity contribution in [3.63, 3.8) is 0 Å².